The molecule has 5 rings (SSSR count). The fraction of sp³-hybridized carbons (Fsp3) is 0.148. The van der Waals surface area contributed by atoms with E-state index in [0.717, 1.165) is 11.3 Å². The third-order valence-corrected chi connectivity index (χ3v) is 6.03. The fourth-order valence-corrected chi connectivity index (χ4v) is 3.96. The summed E-state index contributed by atoms with van der Waals surface area (Å²) in [5.74, 6) is 0.820. The van der Waals surface area contributed by atoms with Crippen molar-refractivity contribution in [1.29, 1.82) is 0 Å². The normalized spacial score (nSPS) is 11.0. The van der Waals surface area contributed by atoms with Crippen molar-refractivity contribution in [2.45, 2.75) is 20.0 Å². The van der Waals surface area contributed by atoms with Crippen molar-refractivity contribution in [3.05, 3.63) is 93.4 Å². The van der Waals surface area contributed by atoms with Gasteiger partial charge in [-0.25, -0.2) is 4.98 Å². The van der Waals surface area contributed by atoms with E-state index in [1.165, 1.54) is 6.20 Å². The molecule has 0 unspecified atom stereocenters. The molecule has 0 aliphatic rings. The first-order chi connectivity index (χ1) is 17.9. The highest BCUT2D eigenvalue weighted by Crippen LogP contribution is 2.24. The van der Waals surface area contributed by atoms with Gasteiger partial charge in [-0.3, -0.25) is 9.59 Å². The molecule has 0 aliphatic heterocycles. The van der Waals surface area contributed by atoms with Crippen LogP contribution in [-0.4, -0.2) is 32.7 Å². The Bertz CT molecular complexity index is 1640. The van der Waals surface area contributed by atoms with Gasteiger partial charge in [-0.2, -0.15) is 4.98 Å². The van der Waals surface area contributed by atoms with Gasteiger partial charge in [0.15, 0.2) is 0 Å². The highest BCUT2D eigenvalue weighted by molar-refractivity contribution is 6.30. The summed E-state index contributed by atoms with van der Waals surface area (Å²) in [5.41, 5.74) is 2.59. The second-order valence-electron chi connectivity index (χ2n) is 8.38. The molecule has 1 N–H and O–H groups in total. The molecule has 186 valence electrons. The van der Waals surface area contributed by atoms with Crippen molar-refractivity contribution >= 4 is 28.5 Å². The number of hydrogen-bond acceptors (Lipinski definition) is 7. The number of methoxy groups -OCH3 is 1. The SMILES string of the molecule is COc1ccc(-c2noc(-c3cn(CC(=O)NCc4ccc(Cl)cc4)c4nc(C)ccc4c3=O)n2)cc1. The van der Waals surface area contributed by atoms with Crippen molar-refractivity contribution in [1.82, 2.24) is 25.0 Å². The molecule has 0 saturated heterocycles. The number of fused-ring (bicyclic) bond motifs is 1. The molecule has 10 heteroatoms. The Hall–Kier alpha value is -4.50. The second-order valence-corrected chi connectivity index (χ2v) is 8.81. The zero-order valence-electron chi connectivity index (χ0n) is 20.1. The molecule has 0 atom stereocenters. The molecule has 0 fully saturated rings. The highest BCUT2D eigenvalue weighted by atomic mass is 35.5. The van der Waals surface area contributed by atoms with E-state index < -0.39 is 0 Å². The van der Waals surface area contributed by atoms with Gasteiger partial charge < -0.3 is 19.1 Å². The van der Waals surface area contributed by atoms with Gasteiger partial charge in [-0.05, 0) is 61.0 Å². The number of rotatable bonds is 7. The lowest BCUT2D eigenvalue weighted by atomic mass is 10.1. The molecule has 0 aliphatic carbocycles. The Morgan fingerprint density at radius 1 is 1.05 bits per heavy atom. The summed E-state index contributed by atoms with van der Waals surface area (Å²) in [4.78, 5) is 35.1. The zero-order chi connectivity index (χ0) is 25.9. The molecule has 3 aromatic heterocycles. The molecule has 5 aromatic rings. The molecule has 0 radical (unpaired) electrons. The van der Waals surface area contributed by atoms with Crippen LogP contribution in [0.25, 0.3) is 33.9 Å². The zero-order valence-corrected chi connectivity index (χ0v) is 20.8. The Balaban J connectivity index is 1.47. The first kappa shape index (κ1) is 24.2. The van der Waals surface area contributed by atoms with Gasteiger partial charge in [-0.1, -0.05) is 28.9 Å². The van der Waals surface area contributed by atoms with Gasteiger partial charge in [-0.15, -0.1) is 0 Å². The summed E-state index contributed by atoms with van der Waals surface area (Å²) in [7, 11) is 1.58. The number of ether oxygens (including phenoxy) is 1. The van der Waals surface area contributed by atoms with Gasteiger partial charge in [0.2, 0.25) is 17.2 Å². The highest BCUT2D eigenvalue weighted by Gasteiger charge is 2.19. The van der Waals surface area contributed by atoms with Crippen molar-refractivity contribution in [3.63, 3.8) is 0 Å². The van der Waals surface area contributed by atoms with E-state index >= 15 is 0 Å². The molecule has 2 aromatic carbocycles. The van der Waals surface area contributed by atoms with Crippen LogP contribution in [0.3, 0.4) is 0 Å². The number of nitrogens with one attached hydrogen (secondary N) is 1. The molecule has 1 amide bonds. The molecular formula is C27H22ClN5O4. The predicted octanol–water partition coefficient (Wildman–Crippen LogP) is 4.40. The minimum Gasteiger partial charge on any atom is -0.497 e. The number of aromatic nitrogens is 4. The van der Waals surface area contributed by atoms with E-state index in [-0.39, 0.29) is 29.3 Å². The van der Waals surface area contributed by atoms with E-state index in [9.17, 15) is 9.59 Å². The summed E-state index contributed by atoms with van der Waals surface area (Å²) < 4.78 is 12.3. The average Bonchev–Trinajstić information content (AvgIpc) is 3.40. The van der Waals surface area contributed by atoms with Gasteiger partial charge in [0.1, 0.15) is 23.5 Å². The number of amides is 1. The minimum atomic E-state index is -0.315. The lowest BCUT2D eigenvalue weighted by molar-refractivity contribution is -0.121. The van der Waals surface area contributed by atoms with Gasteiger partial charge in [0, 0.05) is 29.0 Å². The van der Waals surface area contributed by atoms with Crippen molar-refractivity contribution in [2.75, 3.05) is 7.11 Å². The Labute approximate surface area is 216 Å². The standard InChI is InChI=1S/C27H22ClN5O4/c1-16-3-12-21-24(35)22(27-31-25(32-37-27)18-6-10-20(36-2)11-7-18)14-33(26(21)30-16)15-23(34)29-13-17-4-8-19(28)9-5-17/h3-12,14H,13,15H2,1-2H3,(H,29,34). The molecule has 0 spiro atoms. The van der Waals surface area contributed by atoms with Crippen LogP contribution in [0.15, 0.2) is 76.2 Å². The number of pyridine rings is 2. The van der Waals surface area contributed by atoms with Crippen LogP contribution in [0.5, 0.6) is 5.75 Å². The molecule has 0 saturated carbocycles. The van der Waals surface area contributed by atoms with Gasteiger partial charge in [0.05, 0.1) is 12.5 Å². The lowest BCUT2D eigenvalue weighted by Gasteiger charge is -2.12. The van der Waals surface area contributed by atoms with Crippen LogP contribution in [0.2, 0.25) is 5.02 Å². The summed E-state index contributed by atoms with van der Waals surface area (Å²) >= 11 is 5.93. The molecule has 0 bridgehead atoms. The van der Waals surface area contributed by atoms with Gasteiger partial charge in [0.25, 0.3) is 5.89 Å². The first-order valence-electron chi connectivity index (χ1n) is 11.4. The van der Waals surface area contributed by atoms with Crippen LogP contribution >= 0.6 is 11.6 Å². The number of carbonyl (C=O) groups excluding carboxylic acids is 1. The average molecular weight is 516 g/mol. The van der Waals surface area contributed by atoms with Crippen molar-refractivity contribution in [2.24, 2.45) is 0 Å². The quantitative estimate of drug-likeness (QED) is 0.342. The Morgan fingerprint density at radius 2 is 1.81 bits per heavy atom. The third-order valence-electron chi connectivity index (χ3n) is 5.78. The Kier molecular flexibility index (Phi) is 6.70. The van der Waals surface area contributed by atoms with Crippen LogP contribution < -0.4 is 15.5 Å². The number of hydrogen-bond donors (Lipinski definition) is 1. The van der Waals surface area contributed by atoms with Crippen LogP contribution in [0, 0.1) is 6.92 Å². The maximum absolute atomic E-state index is 13.3. The predicted molar refractivity (Wildman–Crippen MR) is 139 cm³/mol. The first-order valence-corrected chi connectivity index (χ1v) is 11.8. The number of halogens is 1. The topological polar surface area (TPSA) is 112 Å². The number of nitrogens with zero attached hydrogens (tertiary/aromatic N) is 4. The molecule has 37 heavy (non-hydrogen) atoms. The van der Waals surface area contributed by atoms with E-state index in [2.05, 4.69) is 20.4 Å². The van der Waals surface area contributed by atoms with Crippen LogP contribution in [0.4, 0.5) is 0 Å². The number of benzene rings is 2. The molecule has 9 nitrogen and oxygen atoms in total. The van der Waals surface area contributed by atoms with E-state index in [4.69, 9.17) is 20.9 Å². The largest absolute Gasteiger partial charge is 0.497 e. The van der Waals surface area contributed by atoms with Crippen molar-refractivity contribution in [3.8, 4) is 28.6 Å². The monoisotopic (exact) mass is 515 g/mol. The van der Waals surface area contributed by atoms with Crippen LogP contribution in [0.1, 0.15) is 11.3 Å². The molecular weight excluding hydrogens is 494 g/mol. The third kappa shape index (κ3) is 5.22. The van der Waals surface area contributed by atoms with E-state index in [0.29, 0.717) is 39.7 Å². The summed E-state index contributed by atoms with van der Waals surface area (Å²) in [6, 6.07) is 17.8. The van der Waals surface area contributed by atoms with E-state index in [1.54, 1.807) is 60.2 Å². The second kappa shape index (κ2) is 10.2. The van der Waals surface area contributed by atoms with E-state index in [1.807, 2.05) is 19.1 Å². The maximum atomic E-state index is 13.3. The molecule has 3 heterocycles. The number of carbonyl (C=O) groups is 1. The van der Waals surface area contributed by atoms with Crippen LogP contribution in [-0.2, 0) is 17.9 Å². The smallest absolute Gasteiger partial charge is 0.263 e. The number of aryl methyl sites for hydroxylation is 1. The summed E-state index contributed by atoms with van der Waals surface area (Å²) in [6.45, 7) is 2.09. The van der Waals surface area contributed by atoms with Crippen molar-refractivity contribution < 1.29 is 14.1 Å². The fourth-order valence-electron chi connectivity index (χ4n) is 3.84. The van der Waals surface area contributed by atoms with Gasteiger partial charge >= 0.3 is 0 Å². The summed E-state index contributed by atoms with van der Waals surface area (Å²) in [6.07, 6.45) is 1.53. The maximum Gasteiger partial charge on any atom is 0.263 e. The Morgan fingerprint density at radius 3 is 2.54 bits per heavy atom. The summed E-state index contributed by atoms with van der Waals surface area (Å²) in [5, 5.41) is 7.89. The minimum absolute atomic E-state index is 0.0496. The lowest BCUT2D eigenvalue weighted by Crippen LogP contribution is -2.28.